The van der Waals surface area contributed by atoms with E-state index >= 15 is 0 Å². The van der Waals surface area contributed by atoms with Crippen LogP contribution in [0.3, 0.4) is 0 Å². The second kappa shape index (κ2) is 4.04. The number of nitrogens with one attached hydrogen (secondary N) is 1. The van der Waals surface area contributed by atoms with Gasteiger partial charge in [-0.1, -0.05) is 6.92 Å². The topological polar surface area (TPSA) is 37.8 Å². The minimum atomic E-state index is 0.660. The third-order valence-electron chi connectivity index (χ3n) is 3.44. The zero-order chi connectivity index (χ0) is 11.0. The number of aryl methyl sites for hydroxylation is 1. The van der Waals surface area contributed by atoms with Gasteiger partial charge in [0.25, 0.3) is 0 Å². The van der Waals surface area contributed by atoms with E-state index in [4.69, 9.17) is 9.97 Å². The number of rotatable bonds is 4. The first-order valence-electron chi connectivity index (χ1n) is 6.52. The van der Waals surface area contributed by atoms with Gasteiger partial charge in [-0.05, 0) is 38.5 Å². The molecule has 0 atom stereocenters. The van der Waals surface area contributed by atoms with Crippen LogP contribution in [-0.2, 0) is 12.8 Å². The van der Waals surface area contributed by atoms with E-state index in [0.717, 1.165) is 37.4 Å². The van der Waals surface area contributed by atoms with Crippen LogP contribution in [0.1, 0.15) is 55.6 Å². The van der Waals surface area contributed by atoms with Gasteiger partial charge in [-0.15, -0.1) is 0 Å². The zero-order valence-electron chi connectivity index (χ0n) is 9.92. The van der Waals surface area contributed by atoms with Gasteiger partial charge in [0.2, 0.25) is 0 Å². The molecule has 1 N–H and O–H groups in total. The lowest BCUT2D eigenvalue weighted by atomic mass is 10.2. The quantitative estimate of drug-likeness (QED) is 0.842. The number of fused-ring (bicyclic) bond motifs is 1. The summed E-state index contributed by atoms with van der Waals surface area (Å²) in [4.78, 5) is 9.45. The van der Waals surface area contributed by atoms with Gasteiger partial charge in [-0.3, -0.25) is 0 Å². The van der Waals surface area contributed by atoms with E-state index in [1.54, 1.807) is 0 Å². The number of aromatic nitrogens is 2. The summed E-state index contributed by atoms with van der Waals surface area (Å²) < 4.78 is 0. The predicted octanol–water partition coefficient (Wildman–Crippen LogP) is 2.66. The molecular formula is C13H19N3. The average molecular weight is 217 g/mol. The summed E-state index contributed by atoms with van der Waals surface area (Å²) >= 11 is 0. The molecule has 0 bridgehead atoms. The lowest BCUT2D eigenvalue weighted by molar-refractivity contribution is 0.868. The SMILES string of the molecule is CCCNc1nc(C2CC2)nc2c1CCC2. The Balaban J connectivity index is 1.93. The first kappa shape index (κ1) is 10.1. The Hall–Kier alpha value is -1.12. The molecular weight excluding hydrogens is 198 g/mol. The van der Waals surface area contributed by atoms with Crippen molar-refractivity contribution in [3.8, 4) is 0 Å². The lowest BCUT2D eigenvalue weighted by Crippen LogP contribution is -2.09. The van der Waals surface area contributed by atoms with Gasteiger partial charge in [0.1, 0.15) is 11.6 Å². The van der Waals surface area contributed by atoms with Crippen LogP contribution in [0.2, 0.25) is 0 Å². The van der Waals surface area contributed by atoms with Crippen molar-refractivity contribution in [1.82, 2.24) is 9.97 Å². The van der Waals surface area contributed by atoms with Crippen molar-refractivity contribution in [3.63, 3.8) is 0 Å². The third-order valence-corrected chi connectivity index (χ3v) is 3.44. The first-order valence-corrected chi connectivity index (χ1v) is 6.52. The van der Waals surface area contributed by atoms with Gasteiger partial charge < -0.3 is 5.32 Å². The molecule has 3 heteroatoms. The van der Waals surface area contributed by atoms with Crippen LogP contribution in [0.4, 0.5) is 5.82 Å². The lowest BCUT2D eigenvalue weighted by Gasteiger charge is -2.11. The van der Waals surface area contributed by atoms with E-state index in [-0.39, 0.29) is 0 Å². The Morgan fingerprint density at radius 3 is 2.88 bits per heavy atom. The molecule has 0 amide bonds. The highest BCUT2D eigenvalue weighted by Gasteiger charge is 2.29. The molecule has 0 spiro atoms. The van der Waals surface area contributed by atoms with E-state index in [2.05, 4.69) is 12.2 Å². The molecule has 86 valence electrons. The highest BCUT2D eigenvalue weighted by molar-refractivity contribution is 5.49. The molecule has 16 heavy (non-hydrogen) atoms. The van der Waals surface area contributed by atoms with Gasteiger partial charge >= 0.3 is 0 Å². The number of anilines is 1. The van der Waals surface area contributed by atoms with Crippen LogP contribution in [-0.4, -0.2) is 16.5 Å². The van der Waals surface area contributed by atoms with Crippen LogP contribution in [0.5, 0.6) is 0 Å². The van der Waals surface area contributed by atoms with Crippen LogP contribution in [0.15, 0.2) is 0 Å². The third kappa shape index (κ3) is 1.79. The normalized spacial score (nSPS) is 18.6. The minimum absolute atomic E-state index is 0.660. The average Bonchev–Trinajstić information content (AvgIpc) is 3.04. The summed E-state index contributed by atoms with van der Waals surface area (Å²) in [6.45, 7) is 3.21. The van der Waals surface area contributed by atoms with Crippen molar-refractivity contribution in [2.45, 2.75) is 51.4 Å². The summed E-state index contributed by atoms with van der Waals surface area (Å²) in [6.07, 6.45) is 7.28. The molecule has 2 aliphatic rings. The number of hydrogen-bond donors (Lipinski definition) is 1. The monoisotopic (exact) mass is 217 g/mol. The number of hydrogen-bond acceptors (Lipinski definition) is 3. The Kier molecular flexibility index (Phi) is 2.54. The maximum absolute atomic E-state index is 4.73. The smallest absolute Gasteiger partial charge is 0.134 e. The summed E-state index contributed by atoms with van der Waals surface area (Å²) in [6, 6.07) is 0. The van der Waals surface area contributed by atoms with E-state index in [9.17, 15) is 0 Å². The van der Waals surface area contributed by atoms with Gasteiger partial charge in [0.15, 0.2) is 0 Å². The fraction of sp³-hybridized carbons (Fsp3) is 0.692. The van der Waals surface area contributed by atoms with Gasteiger partial charge in [0, 0.05) is 23.7 Å². The van der Waals surface area contributed by atoms with Crippen LogP contribution >= 0.6 is 0 Å². The summed E-state index contributed by atoms with van der Waals surface area (Å²) in [5, 5.41) is 3.47. The van der Waals surface area contributed by atoms with Crippen molar-refractivity contribution < 1.29 is 0 Å². The summed E-state index contributed by atoms with van der Waals surface area (Å²) in [5.41, 5.74) is 2.70. The predicted molar refractivity (Wildman–Crippen MR) is 64.8 cm³/mol. The molecule has 1 aromatic heterocycles. The largest absolute Gasteiger partial charge is 0.370 e. The fourth-order valence-corrected chi connectivity index (χ4v) is 2.37. The molecule has 0 aromatic carbocycles. The molecule has 1 heterocycles. The fourth-order valence-electron chi connectivity index (χ4n) is 2.37. The molecule has 1 fully saturated rings. The standard InChI is InChI=1S/C13H19N3/c1-2-8-14-13-10-4-3-5-11(10)15-12(16-13)9-6-7-9/h9H,2-8H2,1H3,(H,14,15,16). The highest BCUT2D eigenvalue weighted by atomic mass is 15.0. The molecule has 0 saturated heterocycles. The second-order valence-electron chi connectivity index (χ2n) is 4.91. The van der Waals surface area contributed by atoms with E-state index in [0.29, 0.717) is 5.92 Å². The first-order chi connectivity index (χ1) is 7.88. The molecule has 1 aromatic rings. The van der Waals surface area contributed by atoms with Crippen molar-refractivity contribution in [2.24, 2.45) is 0 Å². The Morgan fingerprint density at radius 2 is 2.12 bits per heavy atom. The molecule has 1 saturated carbocycles. The summed E-state index contributed by atoms with van der Waals surface area (Å²) in [5.74, 6) is 2.89. The Bertz CT molecular complexity index is 396. The highest BCUT2D eigenvalue weighted by Crippen LogP contribution is 2.40. The molecule has 3 rings (SSSR count). The van der Waals surface area contributed by atoms with Gasteiger partial charge in [0.05, 0.1) is 0 Å². The van der Waals surface area contributed by atoms with Crippen LogP contribution in [0, 0.1) is 0 Å². The maximum Gasteiger partial charge on any atom is 0.134 e. The minimum Gasteiger partial charge on any atom is -0.370 e. The van der Waals surface area contributed by atoms with Crippen molar-refractivity contribution in [2.75, 3.05) is 11.9 Å². The zero-order valence-corrected chi connectivity index (χ0v) is 9.92. The molecule has 0 aliphatic heterocycles. The van der Waals surface area contributed by atoms with Crippen LogP contribution in [0.25, 0.3) is 0 Å². The molecule has 0 unspecified atom stereocenters. The van der Waals surface area contributed by atoms with Crippen molar-refractivity contribution in [3.05, 3.63) is 17.1 Å². The summed E-state index contributed by atoms with van der Waals surface area (Å²) in [7, 11) is 0. The molecule has 2 aliphatic carbocycles. The van der Waals surface area contributed by atoms with E-state index in [1.807, 2.05) is 0 Å². The van der Waals surface area contributed by atoms with Crippen molar-refractivity contribution in [1.29, 1.82) is 0 Å². The van der Waals surface area contributed by atoms with E-state index < -0.39 is 0 Å². The van der Waals surface area contributed by atoms with Gasteiger partial charge in [-0.2, -0.15) is 0 Å². The van der Waals surface area contributed by atoms with Crippen LogP contribution < -0.4 is 5.32 Å². The van der Waals surface area contributed by atoms with E-state index in [1.165, 1.54) is 30.5 Å². The Labute approximate surface area is 96.7 Å². The van der Waals surface area contributed by atoms with Gasteiger partial charge in [-0.25, -0.2) is 9.97 Å². The molecule has 0 radical (unpaired) electrons. The number of nitrogens with zero attached hydrogens (tertiary/aromatic N) is 2. The maximum atomic E-state index is 4.73. The second-order valence-corrected chi connectivity index (χ2v) is 4.91. The van der Waals surface area contributed by atoms with Crippen molar-refractivity contribution >= 4 is 5.82 Å². The molecule has 3 nitrogen and oxygen atoms in total. The Morgan fingerprint density at radius 1 is 1.25 bits per heavy atom.